The molecule has 0 aromatic heterocycles. The van der Waals surface area contributed by atoms with Gasteiger partial charge in [0.15, 0.2) is 0 Å². The molecule has 0 radical (unpaired) electrons. The second-order valence-electron chi connectivity index (χ2n) is 5.14. The summed E-state index contributed by atoms with van der Waals surface area (Å²) in [4.78, 5) is 14.4. The van der Waals surface area contributed by atoms with Crippen molar-refractivity contribution in [2.24, 2.45) is 11.1 Å². The standard InChI is InChI=1S/C12H22N2O.ClH/c1-2-12(6-4-7-12)11(15)14-8-3-5-10(13)9-14;/h10H,2-9,13H2,1H3;1H. The lowest BCUT2D eigenvalue weighted by Gasteiger charge is -2.44. The Morgan fingerprint density at radius 3 is 2.56 bits per heavy atom. The highest BCUT2D eigenvalue weighted by Gasteiger charge is 2.44. The molecule has 1 saturated carbocycles. The predicted molar refractivity (Wildman–Crippen MR) is 67.6 cm³/mol. The van der Waals surface area contributed by atoms with E-state index in [2.05, 4.69) is 6.92 Å². The van der Waals surface area contributed by atoms with Gasteiger partial charge in [0.25, 0.3) is 0 Å². The van der Waals surface area contributed by atoms with Crippen LogP contribution < -0.4 is 5.73 Å². The number of hydrogen-bond donors (Lipinski definition) is 1. The van der Waals surface area contributed by atoms with Gasteiger partial charge in [-0.25, -0.2) is 0 Å². The summed E-state index contributed by atoms with van der Waals surface area (Å²) < 4.78 is 0. The summed E-state index contributed by atoms with van der Waals surface area (Å²) in [6.07, 6.45) is 6.55. The molecule has 2 rings (SSSR count). The molecule has 2 aliphatic rings. The van der Waals surface area contributed by atoms with Crippen LogP contribution in [0.1, 0.15) is 45.4 Å². The van der Waals surface area contributed by atoms with Crippen molar-refractivity contribution in [3.63, 3.8) is 0 Å². The highest BCUT2D eigenvalue weighted by Crippen LogP contribution is 2.45. The van der Waals surface area contributed by atoms with Crippen LogP contribution in [0, 0.1) is 5.41 Å². The number of nitrogens with two attached hydrogens (primary N) is 1. The number of piperidine rings is 1. The number of carbonyl (C=O) groups is 1. The van der Waals surface area contributed by atoms with E-state index in [1.165, 1.54) is 6.42 Å². The van der Waals surface area contributed by atoms with Gasteiger partial charge in [-0.1, -0.05) is 13.3 Å². The van der Waals surface area contributed by atoms with Gasteiger partial charge in [0.2, 0.25) is 5.91 Å². The van der Waals surface area contributed by atoms with Crippen molar-refractivity contribution in [2.45, 2.75) is 51.5 Å². The molecule has 1 aliphatic carbocycles. The second kappa shape index (κ2) is 5.37. The summed E-state index contributed by atoms with van der Waals surface area (Å²) in [5.74, 6) is 0.381. The molecule has 1 heterocycles. The molecule has 3 nitrogen and oxygen atoms in total. The average Bonchev–Trinajstić information content (AvgIpc) is 2.17. The maximum Gasteiger partial charge on any atom is 0.228 e. The summed E-state index contributed by atoms with van der Waals surface area (Å²) in [7, 11) is 0. The Bertz CT molecular complexity index is 248. The number of halogens is 1. The topological polar surface area (TPSA) is 46.3 Å². The third-order valence-corrected chi connectivity index (χ3v) is 4.19. The molecule has 94 valence electrons. The van der Waals surface area contributed by atoms with Crippen LogP contribution in [-0.2, 0) is 4.79 Å². The van der Waals surface area contributed by atoms with E-state index in [0.29, 0.717) is 5.91 Å². The molecular weight excluding hydrogens is 224 g/mol. The van der Waals surface area contributed by atoms with Crippen molar-refractivity contribution in [1.82, 2.24) is 4.90 Å². The Kier molecular flexibility index (Phi) is 4.62. The van der Waals surface area contributed by atoms with E-state index in [9.17, 15) is 4.79 Å². The zero-order valence-electron chi connectivity index (χ0n) is 10.1. The lowest BCUT2D eigenvalue weighted by atomic mass is 9.66. The monoisotopic (exact) mass is 246 g/mol. The molecule has 0 spiro atoms. The first kappa shape index (κ1) is 13.8. The minimum absolute atomic E-state index is 0. The lowest BCUT2D eigenvalue weighted by Crippen LogP contribution is -2.53. The maximum absolute atomic E-state index is 12.3. The Morgan fingerprint density at radius 2 is 2.12 bits per heavy atom. The number of amides is 1. The Hall–Kier alpha value is -0.280. The smallest absolute Gasteiger partial charge is 0.228 e. The van der Waals surface area contributed by atoms with Gasteiger partial charge in [0, 0.05) is 24.5 Å². The first-order valence-electron chi connectivity index (χ1n) is 6.23. The molecule has 1 amide bonds. The fourth-order valence-corrected chi connectivity index (χ4v) is 2.85. The van der Waals surface area contributed by atoms with Crippen molar-refractivity contribution in [3.05, 3.63) is 0 Å². The Morgan fingerprint density at radius 1 is 1.44 bits per heavy atom. The van der Waals surface area contributed by atoms with E-state index in [0.717, 1.165) is 45.2 Å². The molecule has 1 atom stereocenters. The van der Waals surface area contributed by atoms with Gasteiger partial charge in [0.05, 0.1) is 0 Å². The number of rotatable bonds is 2. The Labute approximate surface area is 104 Å². The molecule has 0 bridgehead atoms. The van der Waals surface area contributed by atoms with E-state index in [1.54, 1.807) is 0 Å². The minimum atomic E-state index is -0.00292. The summed E-state index contributed by atoms with van der Waals surface area (Å²) in [5, 5.41) is 0. The van der Waals surface area contributed by atoms with Crippen molar-refractivity contribution < 1.29 is 4.79 Å². The number of hydrogen-bond acceptors (Lipinski definition) is 2. The SMILES string of the molecule is CCC1(C(=O)N2CCCC(N)C2)CCC1.Cl. The molecule has 16 heavy (non-hydrogen) atoms. The minimum Gasteiger partial charge on any atom is -0.341 e. The van der Waals surface area contributed by atoms with Crippen LogP contribution >= 0.6 is 12.4 Å². The van der Waals surface area contributed by atoms with E-state index < -0.39 is 0 Å². The lowest BCUT2D eigenvalue weighted by molar-refractivity contribution is -0.149. The van der Waals surface area contributed by atoms with Crippen LogP contribution in [0.15, 0.2) is 0 Å². The van der Waals surface area contributed by atoms with Crippen LogP contribution in [0.3, 0.4) is 0 Å². The molecule has 1 unspecified atom stereocenters. The second-order valence-corrected chi connectivity index (χ2v) is 5.14. The summed E-state index contributed by atoms with van der Waals surface area (Å²) in [6, 6.07) is 0.205. The quantitative estimate of drug-likeness (QED) is 0.810. The van der Waals surface area contributed by atoms with Gasteiger partial charge in [-0.3, -0.25) is 4.79 Å². The largest absolute Gasteiger partial charge is 0.341 e. The summed E-state index contributed by atoms with van der Waals surface area (Å²) in [6.45, 7) is 3.84. The van der Waals surface area contributed by atoms with E-state index in [1.807, 2.05) is 4.90 Å². The first-order valence-corrected chi connectivity index (χ1v) is 6.23. The number of nitrogens with zero attached hydrogens (tertiary/aromatic N) is 1. The normalized spacial score (nSPS) is 27.9. The molecular formula is C12H23ClN2O. The molecule has 2 N–H and O–H groups in total. The van der Waals surface area contributed by atoms with Gasteiger partial charge in [-0.05, 0) is 32.1 Å². The van der Waals surface area contributed by atoms with Gasteiger partial charge in [-0.2, -0.15) is 0 Å². The fraction of sp³-hybridized carbons (Fsp3) is 0.917. The highest BCUT2D eigenvalue weighted by atomic mass is 35.5. The molecule has 0 aromatic carbocycles. The van der Waals surface area contributed by atoms with Crippen LogP contribution in [0.4, 0.5) is 0 Å². The van der Waals surface area contributed by atoms with Crippen LogP contribution in [0.5, 0.6) is 0 Å². The van der Waals surface area contributed by atoms with Gasteiger partial charge >= 0.3 is 0 Å². The van der Waals surface area contributed by atoms with E-state index in [4.69, 9.17) is 5.73 Å². The number of likely N-dealkylation sites (tertiary alicyclic amines) is 1. The summed E-state index contributed by atoms with van der Waals surface area (Å²) >= 11 is 0. The fourth-order valence-electron chi connectivity index (χ4n) is 2.85. The Balaban J connectivity index is 0.00000128. The third-order valence-electron chi connectivity index (χ3n) is 4.19. The van der Waals surface area contributed by atoms with Crippen LogP contribution in [0.2, 0.25) is 0 Å². The molecule has 4 heteroatoms. The number of carbonyl (C=O) groups excluding carboxylic acids is 1. The van der Waals surface area contributed by atoms with Gasteiger partial charge in [0.1, 0.15) is 0 Å². The predicted octanol–water partition coefficient (Wildman–Crippen LogP) is 1.94. The molecule has 1 aliphatic heterocycles. The van der Waals surface area contributed by atoms with E-state index in [-0.39, 0.29) is 23.9 Å². The van der Waals surface area contributed by atoms with Gasteiger partial charge < -0.3 is 10.6 Å². The van der Waals surface area contributed by atoms with Gasteiger partial charge in [-0.15, -0.1) is 12.4 Å². The average molecular weight is 247 g/mol. The highest BCUT2D eigenvalue weighted by molar-refractivity contribution is 5.85. The molecule has 1 saturated heterocycles. The first-order chi connectivity index (χ1) is 7.18. The van der Waals surface area contributed by atoms with Crippen molar-refractivity contribution >= 4 is 18.3 Å². The zero-order valence-corrected chi connectivity index (χ0v) is 10.9. The summed E-state index contributed by atoms with van der Waals surface area (Å²) in [5.41, 5.74) is 5.91. The molecule has 2 fully saturated rings. The maximum atomic E-state index is 12.3. The molecule has 0 aromatic rings. The zero-order chi connectivity index (χ0) is 10.9. The van der Waals surface area contributed by atoms with Crippen molar-refractivity contribution in [1.29, 1.82) is 0 Å². The van der Waals surface area contributed by atoms with Crippen molar-refractivity contribution in [2.75, 3.05) is 13.1 Å². The van der Waals surface area contributed by atoms with Crippen molar-refractivity contribution in [3.8, 4) is 0 Å². The van der Waals surface area contributed by atoms with Crippen LogP contribution in [-0.4, -0.2) is 29.9 Å². The third kappa shape index (κ3) is 2.35. The van der Waals surface area contributed by atoms with Crippen LogP contribution in [0.25, 0.3) is 0 Å². The van der Waals surface area contributed by atoms with E-state index >= 15 is 0 Å².